The van der Waals surface area contributed by atoms with Crippen LogP contribution in [0.25, 0.3) is 0 Å². The number of ether oxygens (including phenoxy) is 1. The quantitative estimate of drug-likeness (QED) is 0.287. The molecule has 11 heavy (non-hydrogen) atoms. The predicted octanol–water partition coefficient (Wildman–Crippen LogP) is 1.00. The van der Waals surface area contributed by atoms with Gasteiger partial charge in [-0.1, -0.05) is 18.2 Å². The summed E-state index contributed by atoms with van der Waals surface area (Å²) in [6.45, 7) is 3.21. The topological polar surface area (TPSA) is 46.5 Å². The minimum Gasteiger partial charge on any atom is -0.433 e. The number of carbonyl (C=O) groups is 1. The molecule has 3 heteroatoms. The maximum Gasteiger partial charge on any atom is 0.333 e. The van der Waals surface area contributed by atoms with Crippen molar-refractivity contribution in [1.29, 1.82) is 0 Å². The van der Waals surface area contributed by atoms with Gasteiger partial charge in [0.2, 0.25) is 0 Å². The van der Waals surface area contributed by atoms with E-state index >= 15 is 0 Å². The van der Waals surface area contributed by atoms with Crippen LogP contribution >= 0.6 is 0 Å². The molecule has 0 aromatic heterocycles. The summed E-state index contributed by atoms with van der Waals surface area (Å²) in [6.07, 6.45) is 5.23. The number of rotatable bonds is 3. The lowest BCUT2D eigenvalue weighted by Crippen LogP contribution is -2.11. The van der Waals surface area contributed by atoms with Crippen molar-refractivity contribution in [2.45, 2.75) is 20.1 Å². The molecule has 1 atom stereocenters. The Morgan fingerprint density at radius 1 is 1.55 bits per heavy atom. The smallest absolute Gasteiger partial charge is 0.333 e. The average Bonchev–Trinajstić information content (AvgIpc) is 1.86. The van der Waals surface area contributed by atoms with Crippen LogP contribution in [-0.2, 0) is 9.53 Å². The molecule has 0 aliphatic rings. The molecule has 0 heterocycles. The largest absolute Gasteiger partial charge is 0.433 e. The van der Waals surface area contributed by atoms with Gasteiger partial charge in [0.05, 0.1) is 0 Å². The van der Waals surface area contributed by atoms with Crippen molar-refractivity contribution in [1.82, 2.24) is 0 Å². The van der Waals surface area contributed by atoms with Gasteiger partial charge in [-0.3, -0.25) is 0 Å². The molecule has 0 amide bonds. The normalized spacial score (nSPS) is 14.1. The van der Waals surface area contributed by atoms with Crippen LogP contribution in [0, 0.1) is 0 Å². The van der Waals surface area contributed by atoms with Crippen LogP contribution in [0.15, 0.2) is 24.3 Å². The molecule has 0 saturated carbocycles. The number of hydrogen-bond donors (Lipinski definition) is 1. The molecule has 0 bridgehead atoms. The fraction of sp³-hybridized carbons (Fsp3) is 0.375. The van der Waals surface area contributed by atoms with E-state index in [0.717, 1.165) is 0 Å². The van der Waals surface area contributed by atoms with E-state index in [0.29, 0.717) is 0 Å². The molecular formula is C8H12O3. The molecule has 1 unspecified atom stereocenters. The molecule has 0 saturated heterocycles. The summed E-state index contributed by atoms with van der Waals surface area (Å²) < 4.78 is 4.39. The Bertz CT molecular complexity index is 168. The summed E-state index contributed by atoms with van der Waals surface area (Å²) in [4.78, 5) is 10.6. The second kappa shape index (κ2) is 5.68. The zero-order valence-electron chi connectivity index (χ0n) is 6.65. The Kier molecular flexibility index (Phi) is 5.11. The van der Waals surface area contributed by atoms with Gasteiger partial charge in [0.1, 0.15) is 0 Å². The molecule has 0 fully saturated rings. The highest BCUT2D eigenvalue weighted by Crippen LogP contribution is 1.87. The van der Waals surface area contributed by atoms with Gasteiger partial charge < -0.3 is 9.84 Å². The van der Waals surface area contributed by atoms with Gasteiger partial charge >= 0.3 is 5.97 Å². The summed E-state index contributed by atoms with van der Waals surface area (Å²) in [5.41, 5.74) is 0. The lowest BCUT2D eigenvalue weighted by atomic mass is 10.4. The highest BCUT2D eigenvalue weighted by atomic mass is 16.6. The maximum absolute atomic E-state index is 10.6. The predicted molar refractivity (Wildman–Crippen MR) is 41.7 cm³/mol. The lowest BCUT2D eigenvalue weighted by Gasteiger charge is -2.01. The van der Waals surface area contributed by atoms with E-state index in [1.807, 2.05) is 6.92 Å². The van der Waals surface area contributed by atoms with Crippen LogP contribution in [0.2, 0.25) is 0 Å². The van der Waals surface area contributed by atoms with Gasteiger partial charge in [0, 0.05) is 6.08 Å². The summed E-state index contributed by atoms with van der Waals surface area (Å²) in [5, 5.41) is 8.58. The molecule has 0 rings (SSSR count). The molecule has 62 valence electrons. The first-order valence-corrected chi connectivity index (χ1v) is 3.35. The molecular weight excluding hydrogens is 144 g/mol. The minimum absolute atomic E-state index is 0.543. The van der Waals surface area contributed by atoms with Gasteiger partial charge in [0.25, 0.3) is 0 Å². The molecule has 0 spiro atoms. The summed E-state index contributed by atoms with van der Waals surface area (Å²) in [5.74, 6) is -0.543. The van der Waals surface area contributed by atoms with Gasteiger partial charge in [0.15, 0.2) is 6.29 Å². The Morgan fingerprint density at radius 3 is 2.64 bits per heavy atom. The zero-order valence-corrected chi connectivity index (χ0v) is 6.65. The zero-order chi connectivity index (χ0) is 8.69. The second-order valence-electron chi connectivity index (χ2n) is 1.92. The monoisotopic (exact) mass is 156 g/mol. The number of aliphatic hydroxyl groups is 1. The number of carbonyl (C=O) groups excluding carboxylic acids is 1. The fourth-order valence-electron chi connectivity index (χ4n) is 0.453. The maximum atomic E-state index is 10.6. The molecule has 0 aliphatic carbocycles. The van der Waals surface area contributed by atoms with E-state index in [1.54, 1.807) is 18.2 Å². The van der Waals surface area contributed by atoms with Crippen LogP contribution < -0.4 is 0 Å². The van der Waals surface area contributed by atoms with E-state index < -0.39 is 12.3 Å². The SMILES string of the molecule is C/C=C/C=C/C(=O)OC(C)O. The molecule has 1 N–H and O–H groups in total. The fourth-order valence-corrected chi connectivity index (χ4v) is 0.453. The van der Waals surface area contributed by atoms with Crippen molar-refractivity contribution >= 4 is 5.97 Å². The molecule has 0 radical (unpaired) electrons. The third-order valence-corrected chi connectivity index (χ3v) is 0.823. The lowest BCUT2D eigenvalue weighted by molar-refractivity contribution is -0.158. The van der Waals surface area contributed by atoms with Crippen LogP contribution in [0.1, 0.15) is 13.8 Å². The standard InChI is InChI=1S/C8H12O3/c1-3-4-5-6-8(10)11-7(2)9/h3-7,9H,1-2H3/b4-3+,6-5+. The van der Waals surface area contributed by atoms with Crippen molar-refractivity contribution in [3.05, 3.63) is 24.3 Å². The minimum atomic E-state index is -1.04. The van der Waals surface area contributed by atoms with Crippen LogP contribution in [-0.4, -0.2) is 17.4 Å². The first-order chi connectivity index (χ1) is 5.16. The van der Waals surface area contributed by atoms with E-state index in [4.69, 9.17) is 5.11 Å². The van der Waals surface area contributed by atoms with Gasteiger partial charge in [-0.2, -0.15) is 0 Å². The van der Waals surface area contributed by atoms with Crippen LogP contribution in [0.3, 0.4) is 0 Å². The van der Waals surface area contributed by atoms with Gasteiger partial charge in [-0.25, -0.2) is 4.79 Å². The second-order valence-corrected chi connectivity index (χ2v) is 1.92. The Hall–Kier alpha value is -1.09. The summed E-state index contributed by atoms with van der Waals surface area (Å²) >= 11 is 0. The van der Waals surface area contributed by atoms with Crippen molar-refractivity contribution in [3.8, 4) is 0 Å². The Morgan fingerprint density at radius 2 is 2.18 bits per heavy atom. The number of esters is 1. The van der Waals surface area contributed by atoms with Crippen LogP contribution in [0.4, 0.5) is 0 Å². The van der Waals surface area contributed by atoms with Gasteiger partial charge in [-0.15, -0.1) is 0 Å². The molecule has 0 aromatic carbocycles. The number of aliphatic hydroxyl groups excluding tert-OH is 1. The van der Waals surface area contributed by atoms with E-state index in [-0.39, 0.29) is 0 Å². The molecule has 0 aliphatic heterocycles. The van der Waals surface area contributed by atoms with E-state index in [1.165, 1.54) is 13.0 Å². The first-order valence-electron chi connectivity index (χ1n) is 3.35. The van der Waals surface area contributed by atoms with E-state index in [2.05, 4.69) is 4.74 Å². The van der Waals surface area contributed by atoms with E-state index in [9.17, 15) is 4.79 Å². The number of hydrogen-bond acceptors (Lipinski definition) is 3. The third-order valence-electron chi connectivity index (χ3n) is 0.823. The van der Waals surface area contributed by atoms with Crippen molar-refractivity contribution in [2.24, 2.45) is 0 Å². The van der Waals surface area contributed by atoms with Crippen LogP contribution in [0.5, 0.6) is 0 Å². The Labute approximate surface area is 66.0 Å². The van der Waals surface area contributed by atoms with Crippen molar-refractivity contribution < 1.29 is 14.6 Å². The first kappa shape index (κ1) is 9.91. The third kappa shape index (κ3) is 6.80. The Balaban J connectivity index is 3.69. The highest BCUT2D eigenvalue weighted by Gasteiger charge is 1.99. The van der Waals surface area contributed by atoms with Crippen molar-refractivity contribution in [2.75, 3.05) is 0 Å². The summed E-state index contributed by atoms with van der Waals surface area (Å²) in [6, 6.07) is 0. The molecule has 3 nitrogen and oxygen atoms in total. The van der Waals surface area contributed by atoms with Crippen molar-refractivity contribution in [3.63, 3.8) is 0 Å². The summed E-state index contributed by atoms with van der Waals surface area (Å²) in [7, 11) is 0. The number of allylic oxidation sites excluding steroid dienone is 3. The molecule has 0 aromatic rings. The van der Waals surface area contributed by atoms with Gasteiger partial charge in [-0.05, 0) is 13.8 Å². The average molecular weight is 156 g/mol. The highest BCUT2D eigenvalue weighted by molar-refractivity contribution is 5.82.